The van der Waals surface area contributed by atoms with Gasteiger partial charge in [0.05, 0.1) is 10.6 Å². The minimum atomic E-state index is -3.84. The van der Waals surface area contributed by atoms with E-state index in [9.17, 15) is 17.6 Å². The van der Waals surface area contributed by atoms with E-state index in [2.05, 4.69) is 5.32 Å². The van der Waals surface area contributed by atoms with Crippen molar-refractivity contribution >= 4 is 32.3 Å². The third-order valence-corrected chi connectivity index (χ3v) is 7.14. The number of rotatable bonds is 6. The van der Waals surface area contributed by atoms with Crippen molar-refractivity contribution in [3.05, 3.63) is 95.4 Å². The van der Waals surface area contributed by atoms with Crippen molar-refractivity contribution in [2.45, 2.75) is 31.0 Å². The van der Waals surface area contributed by atoms with Gasteiger partial charge in [-0.2, -0.15) is 0 Å². The van der Waals surface area contributed by atoms with E-state index in [0.29, 0.717) is 10.9 Å². The van der Waals surface area contributed by atoms with Crippen molar-refractivity contribution in [3.63, 3.8) is 0 Å². The Morgan fingerprint density at radius 2 is 1.59 bits per heavy atom. The molecule has 0 aliphatic carbocycles. The number of sulfone groups is 1. The van der Waals surface area contributed by atoms with Gasteiger partial charge in [-0.05, 0) is 37.1 Å². The lowest BCUT2D eigenvalue weighted by atomic mass is 10.1. The number of nitrogens with zero attached hydrogens (tertiary/aromatic N) is 1. The van der Waals surface area contributed by atoms with Gasteiger partial charge in [-0.25, -0.2) is 12.8 Å². The Morgan fingerprint density at radius 1 is 0.938 bits per heavy atom. The van der Waals surface area contributed by atoms with Gasteiger partial charge in [-0.15, -0.1) is 0 Å². The monoisotopic (exact) mass is 450 g/mol. The number of benzene rings is 3. The fourth-order valence-electron chi connectivity index (χ4n) is 3.83. The second kappa shape index (κ2) is 8.59. The molecule has 0 atom stereocenters. The van der Waals surface area contributed by atoms with Crippen LogP contribution in [0.25, 0.3) is 10.9 Å². The van der Waals surface area contributed by atoms with Crippen molar-refractivity contribution in [1.29, 1.82) is 0 Å². The molecule has 32 heavy (non-hydrogen) atoms. The summed E-state index contributed by atoms with van der Waals surface area (Å²) >= 11 is 0. The van der Waals surface area contributed by atoms with Crippen LogP contribution in [-0.4, -0.2) is 18.9 Å². The maximum absolute atomic E-state index is 14.1. The van der Waals surface area contributed by atoms with Gasteiger partial charge >= 0.3 is 0 Å². The summed E-state index contributed by atoms with van der Waals surface area (Å²) in [4.78, 5) is 12.9. The number of para-hydroxylation sites is 2. The molecule has 0 fully saturated rings. The number of halogens is 1. The highest BCUT2D eigenvalue weighted by Crippen LogP contribution is 2.29. The lowest BCUT2D eigenvalue weighted by molar-refractivity contribution is -0.116. The summed E-state index contributed by atoms with van der Waals surface area (Å²) in [6.45, 7) is 3.78. The lowest BCUT2D eigenvalue weighted by Crippen LogP contribution is -2.19. The molecule has 164 valence electrons. The SMILES string of the molecule is Cc1cccc(C)c1NC(=O)Cn1cc(S(=O)(=O)Cc2ccccc2F)c2ccccc21. The number of amides is 1. The predicted molar refractivity (Wildman–Crippen MR) is 124 cm³/mol. The average molecular weight is 451 g/mol. The molecule has 1 N–H and O–H groups in total. The Balaban J connectivity index is 1.67. The number of fused-ring (bicyclic) bond motifs is 1. The molecular formula is C25H23FN2O3S. The third kappa shape index (κ3) is 4.29. The Labute approximate surface area is 186 Å². The number of carbonyl (C=O) groups excluding carboxylic acids is 1. The molecule has 4 aromatic rings. The minimum Gasteiger partial charge on any atom is -0.337 e. The molecule has 1 amide bonds. The molecule has 0 spiro atoms. The fourth-order valence-corrected chi connectivity index (χ4v) is 5.43. The summed E-state index contributed by atoms with van der Waals surface area (Å²) in [6, 6.07) is 18.6. The molecule has 0 aliphatic rings. The Morgan fingerprint density at radius 3 is 2.31 bits per heavy atom. The van der Waals surface area contributed by atoms with E-state index in [-0.39, 0.29) is 22.9 Å². The number of carbonyl (C=O) groups is 1. The topological polar surface area (TPSA) is 68.2 Å². The molecule has 4 rings (SSSR count). The van der Waals surface area contributed by atoms with Crippen LogP contribution in [0.2, 0.25) is 0 Å². The number of hydrogen-bond acceptors (Lipinski definition) is 3. The molecule has 0 aliphatic heterocycles. The van der Waals surface area contributed by atoms with Gasteiger partial charge in [0.25, 0.3) is 0 Å². The molecule has 0 saturated carbocycles. The van der Waals surface area contributed by atoms with Gasteiger partial charge < -0.3 is 9.88 Å². The summed E-state index contributed by atoms with van der Waals surface area (Å²) in [5.74, 6) is -1.28. The molecule has 0 unspecified atom stereocenters. The second-order valence-electron chi connectivity index (χ2n) is 7.80. The summed E-state index contributed by atoms with van der Waals surface area (Å²) < 4.78 is 42.0. The van der Waals surface area contributed by atoms with E-state index in [1.54, 1.807) is 34.9 Å². The summed E-state index contributed by atoms with van der Waals surface area (Å²) in [6.07, 6.45) is 1.46. The molecule has 0 radical (unpaired) electrons. The fraction of sp³-hybridized carbons (Fsp3) is 0.160. The highest BCUT2D eigenvalue weighted by molar-refractivity contribution is 7.90. The molecule has 0 saturated heterocycles. The molecule has 1 heterocycles. The quantitative estimate of drug-likeness (QED) is 0.449. The minimum absolute atomic E-state index is 0.0521. The highest BCUT2D eigenvalue weighted by Gasteiger charge is 2.23. The van der Waals surface area contributed by atoms with Crippen molar-refractivity contribution < 1.29 is 17.6 Å². The van der Waals surface area contributed by atoms with Crippen molar-refractivity contribution in [2.75, 3.05) is 5.32 Å². The normalized spacial score (nSPS) is 11.6. The molecular weight excluding hydrogens is 427 g/mol. The maximum Gasteiger partial charge on any atom is 0.244 e. The first kappa shape index (κ1) is 21.8. The van der Waals surface area contributed by atoms with E-state index in [0.717, 1.165) is 16.8 Å². The highest BCUT2D eigenvalue weighted by atomic mass is 32.2. The smallest absolute Gasteiger partial charge is 0.244 e. The van der Waals surface area contributed by atoms with Crippen LogP contribution in [0.15, 0.2) is 77.8 Å². The van der Waals surface area contributed by atoms with Crippen LogP contribution >= 0.6 is 0 Å². The number of nitrogens with one attached hydrogen (secondary N) is 1. The average Bonchev–Trinajstić information content (AvgIpc) is 3.12. The Kier molecular flexibility index (Phi) is 5.84. The van der Waals surface area contributed by atoms with E-state index in [1.807, 2.05) is 32.0 Å². The van der Waals surface area contributed by atoms with E-state index in [4.69, 9.17) is 0 Å². The van der Waals surface area contributed by atoms with Gasteiger partial charge in [0, 0.05) is 28.4 Å². The van der Waals surface area contributed by atoms with E-state index in [1.165, 1.54) is 24.4 Å². The maximum atomic E-state index is 14.1. The largest absolute Gasteiger partial charge is 0.337 e. The molecule has 1 aromatic heterocycles. The van der Waals surface area contributed by atoms with Crippen LogP contribution in [0.4, 0.5) is 10.1 Å². The van der Waals surface area contributed by atoms with Crippen LogP contribution in [0.3, 0.4) is 0 Å². The van der Waals surface area contributed by atoms with Crippen molar-refractivity contribution in [3.8, 4) is 0 Å². The lowest BCUT2D eigenvalue weighted by Gasteiger charge is -2.12. The van der Waals surface area contributed by atoms with Crippen LogP contribution in [0.5, 0.6) is 0 Å². The predicted octanol–water partition coefficient (Wildman–Crippen LogP) is 5.01. The molecule has 7 heteroatoms. The van der Waals surface area contributed by atoms with Crippen molar-refractivity contribution in [1.82, 2.24) is 4.57 Å². The van der Waals surface area contributed by atoms with Gasteiger partial charge in [0.1, 0.15) is 12.4 Å². The van der Waals surface area contributed by atoms with Crippen LogP contribution < -0.4 is 5.32 Å². The van der Waals surface area contributed by atoms with Crippen molar-refractivity contribution in [2.24, 2.45) is 0 Å². The van der Waals surface area contributed by atoms with Gasteiger partial charge in [0.15, 0.2) is 9.84 Å². The summed E-state index contributed by atoms with van der Waals surface area (Å²) in [5, 5.41) is 3.43. The van der Waals surface area contributed by atoms with E-state index >= 15 is 0 Å². The van der Waals surface area contributed by atoms with Crippen LogP contribution in [-0.2, 0) is 26.9 Å². The van der Waals surface area contributed by atoms with Crippen LogP contribution in [0, 0.1) is 19.7 Å². The number of hydrogen-bond donors (Lipinski definition) is 1. The van der Waals surface area contributed by atoms with Gasteiger partial charge in [0.2, 0.25) is 5.91 Å². The number of aryl methyl sites for hydroxylation is 2. The number of aromatic nitrogens is 1. The van der Waals surface area contributed by atoms with E-state index < -0.39 is 21.4 Å². The zero-order chi connectivity index (χ0) is 22.9. The van der Waals surface area contributed by atoms with Gasteiger partial charge in [-0.1, -0.05) is 54.6 Å². The number of anilines is 1. The molecule has 3 aromatic carbocycles. The zero-order valence-corrected chi connectivity index (χ0v) is 18.6. The first-order valence-electron chi connectivity index (χ1n) is 10.2. The second-order valence-corrected chi connectivity index (χ2v) is 9.76. The van der Waals surface area contributed by atoms with Gasteiger partial charge in [-0.3, -0.25) is 4.79 Å². The first-order chi connectivity index (χ1) is 15.3. The summed E-state index contributed by atoms with van der Waals surface area (Å²) in [5.41, 5.74) is 3.38. The standard InChI is InChI=1S/C25H23FN2O3S/c1-17-8-7-9-18(2)25(17)27-24(29)15-28-14-23(20-11-4-6-13-22(20)28)32(30,31)16-19-10-3-5-12-21(19)26/h3-14H,15-16H2,1-2H3,(H,27,29). The third-order valence-electron chi connectivity index (χ3n) is 5.45. The Bertz CT molecular complexity index is 1400. The molecule has 5 nitrogen and oxygen atoms in total. The Hall–Kier alpha value is -3.45. The zero-order valence-electron chi connectivity index (χ0n) is 17.8. The first-order valence-corrected chi connectivity index (χ1v) is 11.8. The molecule has 0 bridgehead atoms. The summed E-state index contributed by atoms with van der Waals surface area (Å²) in [7, 11) is -3.84. The van der Waals surface area contributed by atoms with Crippen LogP contribution in [0.1, 0.15) is 16.7 Å².